The van der Waals surface area contributed by atoms with Gasteiger partial charge < -0.3 is 45.6 Å². The van der Waals surface area contributed by atoms with E-state index in [-0.39, 0.29) is 47.2 Å². The number of nitrogens with zero attached hydrogens (tertiary/aromatic N) is 5. The lowest BCUT2D eigenvalue weighted by Gasteiger charge is -2.19. The second kappa shape index (κ2) is 13.8. The molecule has 0 aliphatic carbocycles. The number of ether oxygens (including phenoxy) is 2. The molecule has 46 heavy (non-hydrogen) atoms. The number of nitrogens with two attached hydrogens (primary N) is 2. The first-order chi connectivity index (χ1) is 21.4. The maximum Gasteiger partial charge on any atom is 0.490 e. The molecule has 9 N–H and O–H groups in total. The number of anilines is 1. The third-order valence-corrected chi connectivity index (χ3v) is 9.83. The Morgan fingerprint density at radius 3 is 2.57 bits per heavy atom. The van der Waals surface area contributed by atoms with Crippen LogP contribution in [0, 0.1) is 22.0 Å². The zero-order chi connectivity index (χ0) is 34.0. The van der Waals surface area contributed by atoms with E-state index in [2.05, 4.69) is 39.9 Å². The van der Waals surface area contributed by atoms with Crippen LogP contribution >= 0.6 is 23.5 Å². The molecule has 4 rings (SSSR count). The molecule has 250 valence electrons. The number of fused-ring (bicyclic) bond motifs is 1. The van der Waals surface area contributed by atoms with Crippen molar-refractivity contribution in [3.63, 3.8) is 0 Å². The predicted octanol–water partition coefficient (Wildman–Crippen LogP) is 0.759. The third kappa shape index (κ3) is 8.90. The van der Waals surface area contributed by atoms with Crippen molar-refractivity contribution in [3.05, 3.63) is 45.8 Å². The van der Waals surface area contributed by atoms with Crippen LogP contribution in [0.2, 0.25) is 0 Å². The molecule has 0 radical (unpaired) electrons. The first kappa shape index (κ1) is 35.5. The van der Waals surface area contributed by atoms with Crippen LogP contribution in [0.15, 0.2) is 24.5 Å². The smallest absolute Gasteiger partial charge is 0.468 e. The Morgan fingerprint density at radius 2 is 1.91 bits per heavy atom. The molecule has 22 nitrogen and oxygen atoms in total. The van der Waals surface area contributed by atoms with Gasteiger partial charge in [-0.25, -0.2) is 18.7 Å². The van der Waals surface area contributed by atoms with Gasteiger partial charge in [0.05, 0.1) is 36.1 Å². The fourth-order valence-electron chi connectivity index (χ4n) is 4.21. The molecule has 0 bridgehead atoms. The second-order valence-corrected chi connectivity index (χ2v) is 13.7. The van der Waals surface area contributed by atoms with E-state index in [1.54, 1.807) is 6.07 Å². The van der Waals surface area contributed by atoms with E-state index in [0.717, 1.165) is 0 Å². The van der Waals surface area contributed by atoms with E-state index in [1.165, 1.54) is 30.0 Å². The van der Waals surface area contributed by atoms with Crippen LogP contribution in [-0.4, -0.2) is 74.5 Å². The van der Waals surface area contributed by atoms with E-state index < -0.39 is 59.5 Å². The number of imidazole rings is 1. The average Bonchev–Trinajstić information content (AvgIpc) is 3.51. The molecule has 3 heterocycles. The quantitative estimate of drug-likeness (QED) is 0.0590. The summed E-state index contributed by atoms with van der Waals surface area (Å²) in [5.41, 5.74) is 11.7. The third-order valence-electron chi connectivity index (χ3n) is 6.03. The number of rotatable bonds is 12. The highest BCUT2D eigenvalue weighted by Crippen LogP contribution is 2.66. The average molecular weight is 709 g/mol. The van der Waals surface area contributed by atoms with Crippen molar-refractivity contribution < 1.29 is 65.9 Å². The Bertz CT molecular complexity index is 1840. The summed E-state index contributed by atoms with van der Waals surface area (Å²) in [7, 11) is -16.8. The zero-order valence-electron chi connectivity index (χ0n) is 23.3. The minimum Gasteiger partial charge on any atom is -0.468 e. The molecular weight excluding hydrogens is 683 g/mol. The minimum absolute atomic E-state index is 0.0577. The van der Waals surface area contributed by atoms with Gasteiger partial charge in [-0.15, -0.1) is 0 Å². The molecule has 1 aliphatic heterocycles. The maximum atomic E-state index is 12.0. The number of aliphatic hydroxyl groups excluding tert-OH is 1. The molecule has 1 fully saturated rings. The Kier molecular flexibility index (Phi) is 10.6. The number of hydrogen-bond acceptors (Lipinski definition) is 16. The van der Waals surface area contributed by atoms with Crippen molar-refractivity contribution in [2.24, 2.45) is 5.73 Å². The maximum absolute atomic E-state index is 12.0. The molecule has 0 saturated carbocycles. The summed E-state index contributed by atoms with van der Waals surface area (Å²) in [4.78, 5) is 59.8. The summed E-state index contributed by atoms with van der Waals surface area (Å²) >= 11 is 0. The Morgan fingerprint density at radius 1 is 1.20 bits per heavy atom. The lowest BCUT2D eigenvalue weighted by Crippen LogP contribution is -2.26. The van der Waals surface area contributed by atoms with Gasteiger partial charge in [-0.05, 0) is 19.1 Å². The van der Waals surface area contributed by atoms with E-state index in [1.807, 2.05) is 0 Å². The molecule has 4 unspecified atom stereocenters. The largest absolute Gasteiger partial charge is 0.490 e. The standard InChI is InChI=1S/C21H26N7O15P3/c1-11(13-5-4-12(3-2-6-22)7-14(13)28(30)31)40-20-18-19(25-21(23)26-20)27(10-24-18)17-8-15(29)16(41-17)9-39-45(35,36)43-46(37,38)42-44(32,33)34/h4-5,7,10-11,15-17,29H,6,8-9,22H2,1H3,(H,35,36)(H,37,38)(H2,23,25,26)(H2,32,33,34)/t11?,15?,16-,17-/m1/s1. The molecular formula is C21H26N7O15P3. The van der Waals surface area contributed by atoms with Crippen molar-refractivity contribution in [2.45, 2.75) is 37.9 Å². The number of phosphoric acid groups is 3. The van der Waals surface area contributed by atoms with Gasteiger partial charge in [0.15, 0.2) is 11.2 Å². The molecule has 0 spiro atoms. The molecule has 6 atom stereocenters. The van der Waals surface area contributed by atoms with Gasteiger partial charge in [0.1, 0.15) is 18.4 Å². The molecule has 3 aromatic rings. The summed E-state index contributed by atoms with van der Waals surface area (Å²) < 4.78 is 59.1. The number of hydrogen-bond donors (Lipinski definition) is 7. The van der Waals surface area contributed by atoms with E-state index in [9.17, 15) is 38.7 Å². The first-order valence-corrected chi connectivity index (χ1v) is 17.2. The first-order valence-electron chi connectivity index (χ1n) is 12.6. The van der Waals surface area contributed by atoms with E-state index in [4.69, 9.17) is 30.7 Å². The molecule has 1 aliphatic rings. The van der Waals surface area contributed by atoms with Gasteiger partial charge in [-0.3, -0.25) is 19.2 Å². The monoisotopic (exact) mass is 709 g/mol. The Labute approximate surface area is 257 Å². The summed E-state index contributed by atoms with van der Waals surface area (Å²) in [6, 6.07) is 4.31. The number of nitro benzene ring substituents is 1. The molecule has 0 amide bonds. The van der Waals surface area contributed by atoms with Crippen LogP contribution in [0.3, 0.4) is 0 Å². The van der Waals surface area contributed by atoms with E-state index in [0.29, 0.717) is 5.56 Å². The van der Waals surface area contributed by atoms with Crippen molar-refractivity contribution in [2.75, 3.05) is 18.9 Å². The van der Waals surface area contributed by atoms with Crippen LogP contribution in [0.5, 0.6) is 5.88 Å². The van der Waals surface area contributed by atoms with E-state index >= 15 is 0 Å². The summed E-state index contributed by atoms with van der Waals surface area (Å²) in [5, 5.41) is 22.2. The van der Waals surface area contributed by atoms with Crippen LogP contribution in [0.4, 0.5) is 11.6 Å². The van der Waals surface area contributed by atoms with Crippen LogP contribution in [0.1, 0.15) is 36.8 Å². The number of aromatic nitrogens is 4. The fourth-order valence-corrected chi connectivity index (χ4v) is 7.24. The number of aliphatic hydroxyl groups is 1. The van der Waals surface area contributed by atoms with Gasteiger partial charge in [0, 0.05) is 18.1 Å². The number of benzene rings is 1. The molecule has 25 heteroatoms. The van der Waals surface area contributed by atoms with Crippen molar-refractivity contribution in [3.8, 4) is 17.7 Å². The second-order valence-electron chi connectivity index (χ2n) is 9.33. The van der Waals surface area contributed by atoms with Crippen molar-refractivity contribution >= 4 is 46.3 Å². The SMILES string of the molecule is CC(Oc1nc(N)nc2c1ncn2[C@H]1CC(O)[C@@H](COP(=O)(O)OP(=O)(O)OP(=O)(O)O)O1)c1ccc(C#CCN)cc1[N+](=O)[O-]. The number of nitrogen functional groups attached to an aromatic ring is 1. The van der Waals surface area contributed by atoms with Gasteiger partial charge in [-0.1, -0.05) is 11.8 Å². The highest BCUT2D eigenvalue weighted by atomic mass is 31.3. The highest BCUT2D eigenvalue weighted by Gasteiger charge is 2.43. The molecule has 1 aromatic carbocycles. The summed E-state index contributed by atoms with van der Waals surface area (Å²) in [6.07, 6.45) is -3.56. The molecule has 2 aromatic heterocycles. The summed E-state index contributed by atoms with van der Waals surface area (Å²) in [5.74, 6) is 4.92. The van der Waals surface area contributed by atoms with Gasteiger partial charge in [0.2, 0.25) is 11.8 Å². The minimum atomic E-state index is -5.74. The van der Waals surface area contributed by atoms with Crippen molar-refractivity contribution in [1.82, 2.24) is 19.5 Å². The molecule has 1 saturated heterocycles. The number of nitro groups is 1. The normalized spacial score (nSPS) is 21.6. The Hall–Kier alpha value is -3.38. The van der Waals surface area contributed by atoms with Gasteiger partial charge in [-0.2, -0.15) is 18.6 Å². The predicted molar refractivity (Wildman–Crippen MR) is 152 cm³/mol. The lowest BCUT2D eigenvalue weighted by atomic mass is 10.1. The fraction of sp³-hybridized carbons (Fsp3) is 0.381. The van der Waals surface area contributed by atoms with Crippen LogP contribution in [-0.2, 0) is 31.6 Å². The number of phosphoric ester groups is 1. The Balaban J connectivity index is 1.51. The van der Waals surface area contributed by atoms with Gasteiger partial charge >= 0.3 is 23.5 Å². The summed E-state index contributed by atoms with van der Waals surface area (Å²) in [6.45, 7) is 0.708. The van der Waals surface area contributed by atoms with Gasteiger partial charge in [0.25, 0.3) is 5.69 Å². The topological polar surface area (TPSA) is 337 Å². The highest BCUT2D eigenvalue weighted by molar-refractivity contribution is 7.66. The van der Waals surface area contributed by atoms with Crippen molar-refractivity contribution in [1.29, 1.82) is 0 Å². The van der Waals surface area contributed by atoms with Crippen LogP contribution < -0.4 is 16.2 Å². The lowest BCUT2D eigenvalue weighted by molar-refractivity contribution is -0.386. The zero-order valence-corrected chi connectivity index (χ0v) is 26.0. The van der Waals surface area contributed by atoms with Crippen LogP contribution in [0.25, 0.3) is 11.2 Å².